The van der Waals surface area contributed by atoms with E-state index in [1.165, 1.54) is 0 Å². The van der Waals surface area contributed by atoms with Gasteiger partial charge in [-0.3, -0.25) is 4.79 Å². The zero-order valence-corrected chi connectivity index (χ0v) is 18.1. The van der Waals surface area contributed by atoms with Gasteiger partial charge in [-0.25, -0.2) is 4.79 Å². The molecule has 0 radical (unpaired) electrons. The predicted octanol–water partition coefficient (Wildman–Crippen LogP) is 4.57. The van der Waals surface area contributed by atoms with Gasteiger partial charge >= 0.3 is 5.97 Å². The number of anilines is 1. The first-order valence-electron chi connectivity index (χ1n) is 10.7. The van der Waals surface area contributed by atoms with E-state index in [-0.39, 0.29) is 6.42 Å². The molecule has 0 saturated heterocycles. The number of para-hydroxylation sites is 4. The maximum Gasteiger partial charge on any atom is 0.326 e. The summed E-state index contributed by atoms with van der Waals surface area (Å²) in [5.74, 6) is -0.268. The Hall–Kier alpha value is -4.26. The van der Waals surface area contributed by atoms with Crippen LogP contribution >= 0.6 is 0 Å². The highest BCUT2D eigenvalue weighted by atomic mass is 16.5. The van der Waals surface area contributed by atoms with Crippen molar-refractivity contribution in [3.8, 4) is 11.5 Å². The number of hydrogen-bond donors (Lipinski definition) is 4. The number of nitrogens with one attached hydrogen (secondary N) is 3. The van der Waals surface area contributed by atoms with E-state index >= 15 is 0 Å². The molecule has 3 aromatic carbocycles. The first-order valence-corrected chi connectivity index (χ1v) is 10.7. The third kappa shape index (κ3) is 5.33. The summed E-state index contributed by atoms with van der Waals surface area (Å²) in [6.45, 7) is 1.68. The van der Waals surface area contributed by atoms with Crippen LogP contribution in [0, 0.1) is 0 Å². The number of aliphatic carboxylic acids is 1. The van der Waals surface area contributed by atoms with Crippen LogP contribution in [-0.2, 0) is 16.0 Å². The highest BCUT2D eigenvalue weighted by molar-refractivity contribution is 5.90. The van der Waals surface area contributed by atoms with Gasteiger partial charge in [0.1, 0.15) is 17.8 Å². The van der Waals surface area contributed by atoms with E-state index in [1.807, 2.05) is 72.8 Å². The van der Waals surface area contributed by atoms with Crippen LogP contribution in [0.3, 0.4) is 0 Å². The van der Waals surface area contributed by atoms with Crippen molar-refractivity contribution in [2.75, 3.05) is 5.32 Å². The lowest BCUT2D eigenvalue weighted by Gasteiger charge is -2.20. The van der Waals surface area contributed by atoms with Crippen molar-refractivity contribution in [3.05, 3.63) is 90.6 Å². The summed E-state index contributed by atoms with van der Waals surface area (Å²) in [6.07, 6.45) is 1.96. The molecular weight excluding hydrogens is 418 g/mol. The summed E-state index contributed by atoms with van der Waals surface area (Å²) in [5, 5.41) is 16.4. The number of aromatic nitrogens is 1. The van der Waals surface area contributed by atoms with Crippen molar-refractivity contribution in [2.24, 2.45) is 0 Å². The normalized spacial score (nSPS) is 12.6. The predicted molar refractivity (Wildman–Crippen MR) is 128 cm³/mol. The molecule has 4 N–H and O–H groups in total. The molecule has 7 heteroatoms. The van der Waals surface area contributed by atoms with Crippen molar-refractivity contribution in [1.82, 2.24) is 10.3 Å². The van der Waals surface area contributed by atoms with E-state index in [4.69, 9.17) is 4.74 Å². The van der Waals surface area contributed by atoms with Crippen LogP contribution in [0.2, 0.25) is 0 Å². The fourth-order valence-electron chi connectivity index (χ4n) is 3.61. The molecular formula is C26H25N3O4. The maximum absolute atomic E-state index is 12.8. The molecule has 0 spiro atoms. The van der Waals surface area contributed by atoms with Gasteiger partial charge in [-0.2, -0.15) is 0 Å². The minimum atomic E-state index is -1.09. The molecule has 33 heavy (non-hydrogen) atoms. The Labute approximate surface area is 191 Å². The van der Waals surface area contributed by atoms with Gasteiger partial charge in [0.05, 0.1) is 5.69 Å². The lowest BCUT2D eigenvalue weighted by molar-refractivity contribution is -0.141. The zero-order chi connectivity index (χ0) is 23.2. The van der Waals surface area contributed by atoms with Crippen LogP contribution < -0.4 is 15.4 Å². The second-order valence-corrected chi connectivity index (χ2v) is 7.74. The molecule has 0 aliphatic carbocycles. The summed E-state index contributed by atoms with van der Waals surface area (Å²) in [7, 11) is 0. The van der Waals surface area contributed by atoms with E-state index in [2.05, 4.69) is 15.6 Å². The minimum absolute atomic E-state index is 0.172. The third-order valence-corrected chi connectivity index (χ3v) is 5.34. The molecule has 0 unspecified atom stereocenters. The Bertz CT molecular complexity index is 1250. The molecule has 1 amide bonds. The second-order valence-electron chi connectivity index (χ2n) is 7.74. The number of carboxylic acid groups (broad SMARTS) is 1. The van der Waals surface area contributed by atoms with Gasteiger partial charge in [-0.05, 0) is 42.8 Å². The summed E-state index contributed by atoms with van der Waals surface area (Å²) in [4.78, 5) is 27.8. The van der Waals surface area contributed by atoms with E-state index in [0.29, 0.717) is 17.2 Å². The van der Waals surface area contributed by atoms with Gasteiger partial charge in [-0.15, -0.1) is 0 Å². The molecule has 0 saturated carbocycles. The molecule has 4 rings (SSSR count). The van der Waals surface area contributed by atoms with Gasteiger partial charge in [0, 0.05) is 23.5 Å². The number of ether oxygens (including phenoxy) is 1. The van der Waals surface area contributed by atoms with Gasteiger partial charge in [-0.1, -0.05) is 48.5 Å². The van der Waals surface area contributed by atoms with Crippen molar-refractivity contribution in [3.63, 3.8) is 0 Å². The zero-order valence-electron chi connectivity index (χ0n) is 18.1. The van der Waals surface area contributed by atoms with Crippen LogP contribution in [-0.4, -0.2) is 34.1 Å². The van der Waals surface area contributed by atoms with Gasteiger partial charge < -0.3 is 25.5 Å². The summed E-state index contributed by atoms with van der Waals surface area (Å²) >= 11 is 0. The second kappa shape index (κ2) is 9.91. The summed E-state index contributed by atoms with van der Waals surface area (Å²) in [6, 6.07) is 22.5. The van der Waals surface area contributed by atoms with Crippen LogP contribution in [0.15, 0.2) is 85.1 Å². The first-order chi connectivity index (χ1) is 16.0. The number of benzene rings is 3. The number of aromatic amines is 1. The Kier molecular flexibility index (Phi) is 6.59. The van der Waals surface area contributed by atoms with Gasteiger partial charge in [0.15, 0.2) is 5.75 Å². The van der Waals surface area contributed by atoms with Crippen molar-refractivity contribution in [1.29, 1.82) is 0 Å². The van der Waals surface area contributed by atoms with E-state index in [0.717, 1.165) is 16.5 Å². The Balaban J connectivity index is 1.44. The number of carbonyl (C=O) groups excluding carboxylic acids is 1. The topological polar surface area (TPSA) is 103 Å². The molecule has 1 aromatic heterocycles. The number of carbonyl (C=O) groups is 2. The van der Waals surface area contributed by atoms with Gasteiger partial charge in [0.2, 0.25) is 5.91 Å². The van der Waals surface area contributed by atoms with Gasteiger partial charge in [0.25, 0.3) is 0 Å². The Morgan fingerprint density at radius 1 is 0.970 bits per heavy atom. The molecule has 168 valence electrons. The fraction of sp³-hybridized carbons (Fsp3) is 0.154. The monoisotopic (exact) mass is 443 g/mol. The molecule has 0 aliphatic rings. The van der Waals surface area contributed by atoms with Crippen LogP contribution in [0.1, 0.15) is 12.5 Å². The summed E-state index contributed by atoms with van der Waals surface area (Å²) < 4.78 is 5.93. The van der Waals surface area contributed by atoms with E-state index in [9.17, 15) is 14.7 Å². The smallest absolute Gasteiger partial charge is 0.326 e. The van der Waals surface area contributed by atoms with Crippen molar-refractivity contribution < 1.29 is 19.4 Å². The largest absolute Gasteiger partial charge is 0.480 e. The fourth-order valence-corrected chi connectivity index (χ4v) is 3.61. The number of rotatable bonds is 9. The first kappa shape index (κ1) is 22.0. The average Bonchev–Trinajstić information content (AvgIpc) is 3.23. The van der Waals surface area contributed by atoms with E-state index < -0.39 is 24.0 Å². The van der Waals surface area contributed by atoms with Crippen molar-refractivity contribution >= 4 is 28.5 Å². The lowest BCUT2D eigenvalue weighted by atomic mass is 10.0. The SMILES string of the molecule is C[C@H](Nc1ccccc1Oc1ccccc1)C(=O)N[C@@H](Cc1c[nH]c2ccccc12)C(=O)O. The molecule has 2 atom stereocenters. The average molecular weight is 444 g/mol. The van der Waals surface area contributed by atoms with Crippen LogP contribution in [0.4, 0.5) is 5.69 Å². The highest BCUT2D eigenvalue weighted by Gasteiger charge is 2.25. The van der Waals surface area contributed by atoms with E-state index in [1.54, 1.807) is 19.2 Å². The third-order valence-electron chi connectivity index (χ3n) is 5.34. The highest BCUT2D eigenvalue weighted by Crippen LogP contribution is 2.29. The maximum atomic E-state index is 12.8. The molecule has 7 nitrogen and oxygen atoms in total. The number of amides is 1. The quantitative estimate of drug-likeness (QED) is 0.303. The standard InChI is InChI=1S/C26H25N3O4/c1-17(28-22-13-7-8-14-24(22)33-19-9-3-2-4-10-19)25(30)29-23(26(31)32)15-18-16-27-21-12-6-5-11-20(18)21/h2-14,16-17,23,27-28H,15H2,1H3,(H,29,30)(H,31,32)/t17-,23-/m0/s1. The molecule has 4 aromatic rings. The molecule has 0 aliphatic heterocycles. The molecule has 1 heterocycles. The molecule has 0 bridgehead atoms. The number of hydrogen-bond acceptors (Lipinski definition) is 4. The Morgan fingerprint density at radius 2 is 1.67 bits per heavy atom. The summed E-state index contributed by atoms with van der Waals surface area (Å²) in [5.41, 5.74) is 2.39. The van der Waals surface area contributed by atoms with Crippen molar-refractivity contribution in [2.45, 2.75) is 25.4 Å². The number of H-pyrrole nitrogens is 1. The Morgan fingerprint density at radius 3 is 2.45 bits per heavy atom. The van der Waals surface area contributed by atoms with Crippen LogP contribution in [0.25, 0.3) is 10.9 Å². The number of carboxylic acids is 1. The van der Waals surface area contributed by atoms with Crippen LogP contribution in [0.5, 0.6) is 11.5 Å². The number of fused-ring (bicyclic) bond motifs is 1. The molecule has 0 fully saturated rings. The lowest BCUT2D eigenvalue weighted by Crippen LogP contribution is -2.47. The minimum Gasteiger partial charge on any atom is -0.480 e.